The Morgan fingerprint density at radius 1 is 1.22 bits per heavy atom. The Bertz CT molecular complexity index is 716. The Kier molecular flexibility index (Phi) is 5.36. The van der Waals surface area contributed by atoms with Crippen molar-refractivity contribution < 1.29 is 14.0 Å². The first-order valence-electron chi connectivity index (χ1n) is 7.40. The third-order valence-electron chi connectivity index (χ3n) is 3.10. The zero-order valence-electron chi connectivity index (χ0n) is 13.4. The summed E-state index contributed by atoms with van der Waals surface area (Å²) in [7, 11) is 0. The monoisotopic (exact) mass is 312 g/mol. The summed E-state index contributed by atoms with van der Waals surface area (Å²) in [6, 6.07) is 8.78. The van der Waals surface area contributed by atoms with Gasteiger partial charge < -0.3 is 15.1 Å². The van der Waals surface area contributed by atoms with E-state index < -0.39 is 0 Å². The topological polar surface area (TPSA) is 71.3 Å². The van der Waals surface area contributed by atoms with Crippen LogP contribution < -0.4 is 10.6 Å². The van der Waals surface area contributed by atoms with Crippen LogP contribution in [0, 0.1) is 6.92 Å². The first-order valence-corrected chi connectivity index (χ1v) is 7.40. The molecule has 1 heterocycles. The van der Waals surface area contributed by atoms with E-state index in [0.29, 0.717) is 17.0 Å². The van der Waals surface area contributed by atoms with Crippen LogP contribution in [0.1, 0.15) is 35.5 Å². The fraction of sp³-hybridized carbons (Fsp3) is 0.222. The van der Waals surface area contributed by atoms with Gasteiger partial charge >= 0.3 is 0 Å². The van der Waals surface area contributed by atoms with Crippen molar-refractivity contribution in [1.82, 2.24) is 5.32 Å². The lowest BCUT2D eigenvalue weighted by molar-refractivity contribution is -0.111. The maximum Gasteiger partial charge on any atom is 0.251 e. The summed E-state index contributed by atoms with van der Waals surface area (Å²) in [4.78, 5) is 23.9. The molecule has 0 saturated carbocycles. The van der Waals surface area contributed by atoms with E-state index in [9.17, 15) is 9.59 Å². The first-order chi connectivity index (χ1) is 11.0. The molecular formula is C18H20N2O3. The van der Waals surface area contributed by atoms with Crippen LogP contribution in [0.25, 0.3) is 6.08 Å². The number of hydrogen-bond acceptors (Lipinski definition) is 3. The van der Waals surface area contributed by atoms with Gasteiger partial charge in [0, 0.05) is 23.4 Å². The standard InChI is InChI=1S/C18H20N2O3/c1-12(2)19-18(22)16-8-6-14(11-13(16)3)20-17(21)9-7-15-5-4-10-23-15/h4-12H,1-3H3,(H,19,22)(H,20,21)/b9-7+. The molecule has 2 amide bonds. The fourth-order valence-electron chi connectivity index (χ4n) is 2.06. The molecule has 120 valence electrons. The van der Waals surface area contributed by atoms with E-state index in [1.165, 1.54) is 6.08 Å². The van der Waals surface area contributed by atoms with Crippen LogP contribution in [0.3, 0.4) is 0 Å². The van der Waals surface area contributed by atoms with Crippen LogP contribution in [-0.2, 0) is 4.79 Å². The quantitative estimate of drug-likeness (QED) is 0.831. The normalized spacial score (nSPS) is 11.0. The van der Waals surface area contributed by atoms with Gasteiger partial charge in [0.1, 0.15) is 5.76 Å². The van der Waals surface area contributed by atoms with Gasteiger partial charge in [0.05, 0.1) is 6.26 Å². The summed E-state index contributed by atoms with van der Waals surface area (Å²) in [5, 5.41) is 5.60. The lowest BCUT2D eigenvalue weighted by Crippen LogP contribution is -2.30. The van der Waals surface area contributed by atoms with Crippen molar-refractivity contribution in [2.45, 2.75) is 26.8 Å². The first kappa shape index (κ1) is 16.5. The fourth-order valence-corrected chi connectivity index (χ4v) is 2.06. The van der Waals surface area contributed by atoms with Crippen LogP contribution in [0.2, 0.25) is 0 Å². The van der Waals surface area contributed by atoms with Gasteiger partial charge in [-0.15, -0.1) is 0 Å². The van der Waals surface area contributed by atoms with Gasteiger partial charge in [-0.25, -0.2) is 0 Å². The van der Waals surface area contributed by atoms with Gasteiger partial charge in [-0.1, -0.05) is 0 Å². The van der Waals surface area contributed by atoms with E-state index in [4.69, 9.17) is 4.42 Å². The number of hydrogen-bond donors (Lipinski definition) is 2. The average molecular weight is 312 g/mol. The minimum atomic E-state index is -0.264. The Labute approximate surface area is 135 Å². The van der Waals surface area contributed by atoms with E-state index in [2.05, 4.69) is 10.6 Å². The van der Waals surface area contributed by atoms with Crippen molar-refractivity contribution in [2.75, 3.05) is 5.32 Å². The third kappa shape index (κ3) is 4.85. The highest BCUT2D eigenvalue weighted by Crippen LogP contribution is 2.15. The van der Waals surface area contributed by atoms with Gasteiger partial charge in [0.2, 0.25) is 5.91 Å². The molecule has 5 heteroatoms. The minimum absolute atomic E-state index is 0.0769. The Morgan fingerprint density at radius 2 is 2.00 bits per heavy atom. The summed E-state index contributed by atoms with van der Waals surface area (Å²) in [5.41, 5.74) is 2.04. The molecule has 2 N–H and O–H groups in total. The molecule has 5 nitrogen and oxygen atoms in total. The van der Waals surface area contributed by atoms with Crippen molar-refractivity contribution in [2.24, 2.45) is 0 Å². The molecule has 2 aromatic rings. The Hall–Kier alpha value is -2.82. The van der Waals surface area contributed by atoms with Crippen LogP contribution in [0.5, 0.6) is 0 Å². The van der Waals surface area contributed by atoms with E-state index in [1.807, 2.05) is 20.8 Å². The molecule has 2 rings (SSSR count). The molecule has 0 atom stereocenters. The SMILES string of the molecule is Cc1cc(NC(=O)/C=C/c2ccco2)ccc1C(=O)NC(C)C. The van der Waals surface area contributed by atoms with E-state index in [0.717, 1.165) is 5.56 Å². The lowest BCUT2D eigenvalue weighted by Gasteiger charge is -2.11. The molecule has 0 radical (unpaired) electrons. The van der Waals surface area contributed by atoms with Crippen molar-refractivity contribution in [3.8, 4) is 0 Å². The summed E-state index contributed by atoms with van der Waals surface area (Å²) < 4.78 is 5.12. The summed E-state index contributed by atoms with van der Waals surface area (Å²) in [5.74, 6) is 0.227. The van der Waals surface area contributed by atoms with Crippen molar-refractivity contribution in [1.29, 1.82) is 0 Å². The molecule has 0 aliphatic rings. The highest BCUT2D eigenvalue weighted by molar-refractivity contribution is 6.02. The molecule has 1 aromatic heterocycles. The van der Waals surface area contributed by atoms with E-state index in [1.54, 1.807) is 42.7 Å². The molecular weight excluding hydrogens is 292 g/mol. The van der Waals surface area contributed by atoms with Gasteiger partial charge in [0.15, 0.2) is 0 Å². The Morgan fingerprint density at radius 3 is 2.61 bits per heavy atom. The van der Waals surface area contributed by atoms with E-state index >= 15 is 0 Å². The molecule has 0 fully saturated rings. The van der Waals surface area contributed by atoms with Crippen LogP contribution in [0.15, 0.2) is 47.1 Å². The number of rotatable bonds is 5. The van der Waals surface area contributed by atoms with Gasteiger partial charge in [-0.2, -0.15) is 0 Å². The average Bonchev–Trinajstić information content (AvgIpc) is 2.97. The summed E-state index contributed by atoms with van der Waals surface area (Å²) in [6.45, 7) is 5.66. The predicted molar refractivity (Wildman–Crippen MR) is 90.2 cm³/mol. The van der Waals surface area contributed by atoms with Crippen molar-refractivity contribution >= 4 is 23.6 Å². The molecule has 0 spiro atoms. The van der Waals surface area contributed by atoms with Crippen LogP contribution in [-0.4, -0.2) is 17.9 Å². The molecule has 0 unspecified atom stereocenters. The maximum absolute atomic E-state index is 12.0. The smallest absolute Gasteiger partial charge is 0.251 e. The van der Waals surface area contributed by atoms with Crippen LogP contribution in [0.4, 0.5) is 5.69 Å². The second-order valence-electron chi connectivity index (χ2n) is 5.50. The van der Waals surface area contributed by atoms with Gasteiger partial charge in [-0.3, -0.25) is 9.59 Å². The largest absolute Gasteiger partial charge is 0.465 e. The second-order valence-corrected chi connectivity index (χ2v) is 5.50. The molecule has 23 heavy (non-hydrogen) atoms. The number of amides is 2. The second kappa shape index (κ2) is 7.45. The molecule has 0 aliphatic carbocycles. The highest BCUT2D eigenvalue weighted by atomic mass is 16.3. The number of anilines is 1. The zero-order valence-corrected chi connectivity index (χ0v) is 13.4. The zero-order chi connectivity index (χ0) is 16.8. The van der Waals surface area contributed by atoms with Crippen LogP contribution >= 0.6 is 0 Å². The number of carbonyl (C=O) groups is 2. The summed E-state index contributed by atoms with van der Waals surface area (Å²) in [6.07, 6.45) is 4.53. The number of benzene rings is 1. The maximum atomic E-state index is 12.0. The number of furan rings is 1. The number of carbonyl (C=O) groups excluding carboxylic acids is 2. The Balaban J connectivity index is 2.02. The minimum Gasteiger partial charge on any atom is -0.465 e. The predicted octanol–water partition coefficient (Wildman–Crippen LogP) is 3.38. The lowest BCUT2D eigenvalue weighted by atomic mass is 10.1. The molecule has 0 saturated heterocycles. The number of nitrogens with one attached hydrogen (secondary N) is 2. The highest BCUT2D eigenvalue weighted by Gasteiger charge is 2.10. The molecule has 1 aromatic carbocycles. The molecule has 0 bridgehead atoms. The third-order valence-corrected chi connectivity index (χ3v) is 3.10. The number of aryl methyl sites for hydroxylation is 1. The van der Waals surface area contributed by atoms with Gasteiger partial charge in [-0.05, 0) is 62.7 Å². The van der Waals surface area contributed by atoms with E-state index in [-0.39, 0.29) is 17.9 Å². The van der Waals surface area contributed by atoms with Gasteiger partial charge in [0.25, 0.3) is 5.91 Å². The molecule has 0 aliphatic heterocycles. The summed E-state index contributed by atoms with van der Waals surface area (Å²) >= 11 is 0. The van der Waals surface area contributed by atoms with Crippen molar-refractivity contribution in [3.63, 3.8) is 0 Å². The van der Waals surface area contributed by atoms with Crippen molar-refractivity contribution in [3.05, 3.63) is 59.6 Å².